The highest BCUT2D eigenvalue weighted by atomic mass is 32.2. The fourth-order valence-electron chi connectivity index (χ4n) is 8.11. The smallest absolute Gasteiger partial charge is 0.367 e. The summed E-state index contributed by atoms with van der Waals surface area (Å²) < 4.78 is 67.6. The lowest BCUT2D eigenvalue weighted by molar-refractivity contribution is -0.151. The summed E-state index contributed by atoms with van der Waals surface area (Å²) >= 11 is 1.05. The SMILES string of the molecule is CNc1nc(NC2CCN(Cc3ccc4c(cc(C#N)n4CC45CC(NS(C)(=O)=O)(C4)C5)c3C)CC2)c2cc(CC(F)(F)F)sc2n1. The van der Waals surface area contributed by atoms with Gasteiger partial charge in [-0.1, -0.05) is 6.07 Å². The first kappa shape index (κ1) is 32.1. The number of halogens is 3. The highest BCUT2D eigenvalue weighted by Gasteiger charge is 2.68. The maximum absolute atomic E-state index is 13.1. The molecule has 10 nitrogen and oxygen atoms in total. The molecular weight excluding hydrogens is 650 g/mol. The molecule has 0 spiro atoms. The number of nitrogens with one attached hydrogen (secondary N) is 3. The van der Waals surface area contributed by atoms with Crippen molar-refractivity contribution in [3.8, 4) is 6.07 Å². The molecule has 0 amide bonds. The Morgan fingerprint density at radius 3 is 2.49 bits per heavy atom. The van der Waals surface area contributed by atoms with Gasteiger partial charge in [0.2, 0.25) is 16.0 Å². The second-order valence-corrected chi connectivity index (χ2v) is 16.6. The van der Waals surface area contributed by atoms with Gasteiger partial charge >= 0.3 is 6.18 Å². The minimum Gasteiger partial charge on any atom is -0.367 e. The Balaban J connectivity index is 1.01. The van der Waals surface area contributed by atoms with E-state index in [0.717, 1.165) is 79.5 Å². The Hall–Kier alpha value is -3.45. The molecule has 15 heteroatoms. The Morgan fingerprint density at radius 1 is 1.13 bits per heavy atom. The number of fused-ring (bicyclic) bond motifs is 2. The number of sulfonamides is 1. The number of alkyl halides is 3. The molecule has 0 radical (unpaired) electrons. The molecule has 3 aromatic heterocycles. The number of aryl methyl sites for hydroxylation is 1. The number of benzene rings is 1. The highest BCUT2D eigenvalue weighted by Crippen LogP contribution is 2.68. The van der Waals surface area contributed by atoms with Gasteiger partial charge in [0.1, 0.15) is 22.4 Å². The number of thiophene rings is 1. The molecule has 1 aromatic carbocycles. The average Bonchev–Trinajstić information content (AvgIpc) is 3.52. The lowest BCUT2D eigenvalue weighted by Crippen LogP contribution is -2.75. The van der Waals surface area contributed by atoms with Gasteiger partial charge in [-0.25, -0.2) is 18.1 Å². The Kier molecular flexibility index (Phi) is 7.74. The third-order valence-corrected chi connectivity index (χ3v) is 11.8. The van der Waals surface area contributed by atoms with Crippen LogP contribution in [-0.2, 0) is 29.5 Å². The van der Waals surface area contributed by atoms with Crippen LogP contribution >= 0.6 is 11.3 Å². The van der Waals surface area contributed by atoms with Crippen LogP contribution in [0.25, 0.3) is 21.1 Å². The molecule has 8 rings (SSSR count). The van der Waals surface area contributed by atoms with Crippen molar-refractivity contribution in [2.75, 3.05) is 37.0 Å². The van der Waals surface area contributed by atoms with E-state index in [9.17, 15) is 26.9 Å². The van der Waals surface area contributed by atoms with E-state index >= 15 is 0 Å². The molecule has 1 saturated heterocycles. The third kappa shape index (κ3) is 6.28. The summed E-state index contributed by atoms with van der Waals surface area (Å²) in [7, 11) is -1.56. The van der Waals surface area contributed by atoms with Gasteiger partial charge in [0.05, 0.1) is 18.1 Å². The second-order valence-electron chi connectivity index (χ2n) is 13.8. The predicted molar refractivity (Wildman–Crippen MR) is 177 cm³/mol. The van der Waals surface area contributed by atoms with E-state index in [1.807, 2.05) is 6.07 Å². The minimum absolute atomic E-state index is 0.0289. The number of rotatable bonds is 10. The number of aromatic nitrogens is 3. The van der Waals surface area contributed by atoms with Crippen LogP contribution in [0.1, 0.15) is 53.8 Å². The Labute approximate surface area is 275 Å². The Morgan fingerprint density at radius 2 is 1.85 bits per heavy atom. The zero-order valence-electron chi connectivity index (χ0n) is 26.5. The van der Waals surface area contributed by atoms with Gasteiger partial charge in [0.15, 0.2) is 0 Å². The quantitative estimate of drug-likeness (QED) is 0.199. The number of nitriles is 1. The fourth-order valence-corrected chi connectivity index (χ4v) is 10.2. The zero-order chi connectivity index (χ0) is 33.4. The monoisotopic (exact) mass is 686 g/mol. The van der Waals surface area contributed by atoms with Gasteiger partial charge in [-0.3, -0.25) is 4.90 Å². The van der Waals surface area contributed by atoms with Crippen molar-refractivity contribution in [3.63, 3.8) is 0 Å². The van der Waals surface area contributed by atoms with Gasteiger partial charge in [-0.2, -0.15) is 23.4 Å². The van der Waals surface area contributed by atoms with Crippen LogP contribution in [-0.4, -0.2) is 72.0 Å². The van der Waals surface area contributed by atoms with Crippen LogP contribution in [0.5, 0.6) is 0 Å². The molecule has 3 saturated carbocycles. The van der Waals surface area contributed by atoms with Gasteiger partial charge in [0.25, 0.3) is 0 Å². The van der Waals surface area contributed by atoms with E-state index in [1.165, 1.54) is 11.8 Å². The van der Waals surface area contributed by atoms with Gasteiger partial charge in [-0.05, 0) is 73.8 Å². The molecule has 4 fully saturated rings. The first-order valence-electron chi connectivity index (χ1n) is 15.7. The lowest BCUT2D eigenvalue weighted by Gasteiger charge is -2.70. The van der Waals surface area contributed by atoms with Crippen molar-refractivity contribution < 1.29 is 21.6 Å². The number of likely N-dealkylation sites (tertiary alicyclic amines) is 1. The van der Waals surface area contributed by atoms with E-state index in [4.69, 9.17) is 0 Å². The van der Waals surface area contributed by atoms with Crippen molar-refractivity contribution in [1.29, 1.82) is 5.26 Å². The molecule has 4 aliphatic rings. The molecular formula is C32H37F3N8O2S2. The minimum atomic E-state index is -4.29. The number of anilines is 2. The summed E-state index contributed by atoms with van der Waals surface area (Å²) in [6.45, 7) is 5.29. The summed E-state index contributed by atoms with van der Waals surface area (Å²) in [4.78, 5) is 12.1. The molecule has 2 bridgehead atoms. The van der Waals surface area contributed by atoms with E-state index < -0.39 is 22.6 Å². The fraction of sp³-hybridized carbons (Fsp3) is 0.531. The van der Waals surface area contributed by atoms with Crippen LogP contribution < -0.4 is 15.4 Å². The maximum Gasteiger partial charge on any atom is 0.393 e. The lowest BCUT2D eigenvalue weighted by atomic mass is 9.40. The Bertz CT molecular complexity index is 2000. The van der Waals surface area contributed by atoms with Gasteiger partial charge in [-0.15, -0.1) is 11.3 Å². The van der Waals surface area contributed by atoms with Crippen molar-refractivity contribution in [3.05, 3.63) is 46.0 Å². The van der Waals surface area contributed by atoms with Crippen LogP contribution in [0.2, 0.25) is 0 Å². The summed E-state index contributed by atoms with van der Waals surface area (Å²) in [5, 5.41) is 18.1. The number of hydrogen-bond acceptors (Lipinski definition) is 9. The standard InChI is InChI=1S/C32H37F3N8O2S2/c1-19-20(4-5-26-24(19)10-22(13-36)43(26)18-30-15-31(16-30,17-30)41-47(3,44)45)14-42-8-6-21(7-9-42)38-27-25-11-23(12-32(33,34)35)46-28(25)40-29(37-2)39-27/h4-5,10-11,21,41H,6-9,12,14-18H2,1-3H3,(H2,37,38,39,40). The molecule has 0 unspecified atom stereocenters. The number of nitrogens with zero attached hydrogens (tertiary/aromatic N) is 5. The van der Waals surface area contributed by atoms with Crippen molar-refractivity contribution in [1.82, 2.24) is 24.2 Å². The van der Waals surface area contributed by atoms with E-state index in [2.05, 4.69) is 59.9 Å². The van der Waals surface area contributed by atoms with Crippen LogP contribution in [0.3, 0.4) is 0 Å². The van der Waals surface area contributed by atoms with E-state index in [0.29, 0.717) is 34.2 Å². The molecule has 3 N–H and O–H groups in total. The van der Waals surface area contributed by atoms with Gasteiger partial charge in [0, 0.05) is 60.6 Å². The molecule has 250 valence electrons. The molecule has 47 heavy (non-hydrogen) atoms. The molecule has 1 aliphatic heterocycles. The van der Waals surface area contributed by atoms with E-state index in [1.54, 1.807) is 13.1 Å². The first-order chi connectivity index (χ1) is 22.2. The normalized spacial score (nSPS) is 23.4. The van der Waals surface area contributed by atoms with Crippen LogP contribution in [0.15, 0.2) is 24.3 Å². The summed E-state index contributed by atoms with van der Waals surface area (Å²) in [6.07, 6.45) is 0.0331. The van der Waals surface area contributed by atoms with Crippen molar-refractivity contribution >= 4 is 54.2 Å². The van der Waals surface area contributed by atoms with Crippen molar-refractivity contribution in [2.24, 2.45) is 5.41 Å². The maximum atomic E-state index is 13.1. The van der Waals surface area contributed by atoms with Gasteiger partial charge < -0.3 is 15.2 Å². The van der Waals surface area contributed by atoms with Crippen LogP contribution in [0.4, 0.5) is 24.9 Å². The summed E-state index contributed by atoms with van der Waals surface area (Å²) in [5.74, 6) is 0.927. The highest BCUT2D eigenvalue weighted by molar-refractivity contribution is 7.88. The largest absolute Gasteiger partial charge is 0.393 e. The number of hydrogen-bond donors (Lipinski definition) is 3. The van der Waals surface area contributed by atoms with E-state index in [-0.39, 0.29) is 21.9 Å². The summed E-state index contributed by atoms with van der Waals surface area (Å²) in [6, 6.07) is 10.3. The molecule has 0 atom stereocenters. The molecule has 4 heterocycles. The summed E-state index contributed by atoms with van der Waals surface area (Å²) in [5.41, 5.74) is 3.74. The zero-order valence-corrected chi connectivity index (χ0v) is 28.1. The molecule has 4 aromatic rings. The third-order valence-electron chi connectivity index (χ3n) is 9.98. The second kappa shape index (κ2) is 11.3. The predicted octanol–water partition coefficient (Wildman–Crippen LogP) is 5.52. The number of piperidine rings is 1. The topological polar surface area (TPSA) is 128 Å². The first-order valence-corrected chi connectivity index (χ1v) is 18.4. The molecule has 3 aliphatic carbocycles. The van der Waals surface area contributed by atoms with Crippen LogP contribution in [0, 0.1) is 23.7 Å². The average molecular weight is 687 g/mol. The van der Waals surface area contributed by atoms with Crippen molar-refractivity contribution in [2.45, 2.75) is 76.3 Å².